The second-order valence-corrected chi connectivity index (χ2v) is 7.57. The van der Waals surface area contributed by atoms with Crippen molar-refractivity contribution in [1.29, 1.82) is 0 Å². The number of aromatic nitrogens is 2. The monoisotopic (exact) mass is 351 g/mol. The molecule has 0 spiro atoms. The van der Waals surface area contributed by atoms with E-state index in [-0.39, 0.29) is 0 Å². The van der Waals surface area contributed by atoms with Gasteiger partial charge >= 0.3 is 0 Å². The summed E-state index contributed by atoms with van der Waals surface area (Å²) in [7, 11) is 2.14. The first-order chi connectivity index (χ1) is 12.7. The molecule has 0 radical (unpaired) electrons. The molecule has 2 heterocycles. The third kappa shape index (κ3) is 3.54. The van der Waals surface area contributed by atoms with Crippen molar-refractivity contribution in [3.8, 4) is 11.3 Å². The molecular weight excluding hydrogens is 322 g/mol. The number of hydrogen-bond acceptors (Lipinski definition) is 5. The Morgan fingerprint density at radius 2 is 1.88 bits per heavy atom. The quantitative estimate of drug-likeness (QED) is 0.897. The molecule has 0 unspecified atom stereocenters. The highest BCUT2D eigenvalue weighted by Crippen LogP contribution is 2.35. The summed E-state index contributed by atoms with van der Waals surface area (Å²) in [6, 6.07) is 8.58. The van der Waals surface area contributed by atoms with Gasteiger partial charge in [0.05, 0.1) is 5.69 Å². The van der Waals surface area contributed by atoms with Crippen LogP contribution in [0.4, 0.5) is 11.8 Å². The first kappa shape index (κ1) is 17.3. The number of nitrogens with two attached hydrogens (primary N) is 1. The fourth-order valence-corrected chi connectivity index (χ4v) is 4.33. The molecule has 138 valence electrons. The van der Waals surface area contributed by atoms with Crippen molar-refractivity contribution >= 4 is 11.8 Å². The molecule has 5 heteroatoms. The number of nitrogen functional groups attached to an aromatic ring is 1. The second-order valence-electron chi connectivity index (χ2n) is 7.57. The van der Waals surface area contributed by atoms with E-state index in [0.717, 1.165) is 43.7 Å². The predicted octanol–water partition coefficient (Wildman–Crippen LogP) is 3.14. The van der Waals surface area contributed by atoms with Crippen LogP contribution in [0, 0.1) is 0 Å². The van der Waals surface area contributed by atoms with E-state index in [1.54, 1.807) is 0 Å². The van der Waals surface area contributed by atoms with Crippen LogP contribution < -0.4 is 10.6 Å². The maximum absolute atomic E-state index is 6.10. The van der Waals surface area contributed by atoms with Crippen molar-refractivity contribution in [3.05, 3.63) is 35.4 Å². The van der Waals surface area contributed by atoms with Crippen molar-refractivity contribution in [2.24, 2.45) is 0 Å². The number of rotatable bonds is 5. The van der Waals surface area contributed by atoms with E-state index in [0.29, 0.717) is 5.95 Å². The molecule has 1 aromatic carbocycles. The Morgan fingerprint density at radius 3 is 2.73 bits per heavy atom. The van der Waals surface area contributed by atoms with Crippen LogP contribution in [0.15, 0.2) is 24.3 Å². The first-order valence-corrected chi connectivity index (χ1v) is 9.90. The van der Waals surface area contributed by atoms with Crippen LogP contribution in [0.5, 0.6) is 0 Å². The molecule has 2 N–H and O–H groups in total. The molecule has 1 aliphatic heterocycles. The third-order valence-electron chi connectivity index (χ3n) is 5.68. The normalized spacial score (nSPS) is 16.8. The van der Waals surface area contributed by atoms with E-state index in [2.05, 4.69) is 51.1 Å². The Balaban J connectivity index is 1.58. The summed E-state index contributed by atoms with van der Waals surface area (Å²) in [5.41, 5.74) is 11.0. The van der Waals surface area contributed by atoms with E-state index in [1.165, 1.54) is 49.2 Å². The van der Waals surface area contributed by atoms with Gasteiger partial charge in [0.1, 0.15) is 5.82 Å². The molecule has 2 aliphatic rings. The molecule has 4 rings (SSSR count). The van der Waals surface area contributed by atoms with Crippen LogP contribution >= 0.6 is 0 Å². The summed E-state index contributed by atoms with van der Waals surface area (Å²) in [6.45, 7) is 4.70. The lowest BCUT2D eigenvalue weighted by molar-refractivity contribution is 0.335. The average Bonchev–Trinajstić information content (AvgIpc) is 3.09. The van der Waals surface area contributed by atoms with Gasteiger partial charge in [-0.2, -0.15) is 4.98 Å². The standard InChI is InChI=1S/C21H29N5/c1-25(12-7-15-26-13-4-5-14-26)20-18-11-6-9-16-8-2-3-10-17(16)19(18)23-21(22)24-20/h2-3,8,10H,4-7,9,11-15H2,1H3,(H2,22,23,24). The Kier molecular flexibility index (Phi) is 5.07. The number of hydrogen-bond donors (Lipinski definition) is 1. The van der Waals surface area contributed by atoms with Crippen molar-refractivity contribution in [2.45, 2.75) is 38.5 Å². The maximum Gasteiger partial charge on any atom is 0.222 e. The fraction of sp³-hybridized carbons (Fsp3) is 0.524. The molecule has 2 aromatic rings. The Morgan fingerprint density at radius 1 is 1.08 bits per heavy atom. The zero-order valence-corrected chi connectivity index (χ0v) is 15.7. The third-order valence-corrected chi connectivity index (χ3v) is 5.68. The van der Waals surface area contributed by atoms with Crippen LogP contribution in [0.2, 0.25) is 0 Å². The molecule has 1 saturated heterocycles. The van der Waals surface area contributed by atoms with Gasteiger partial charge in [-0.3, -0.25) is 0 Å². The topological polar surface area (TPSA) is 58.3 Å². The minimum absolute atomic E-state index is 0.377. The number of fused-ring (bicyclic) bond motifs is 3. The van der Waals surface area contributed by atoms with Crippen LogP contribution in [-0.4, -0.2) is 48.1 Å². The van der Waals surface area contributed by atoms with E-state index in [1.807, 2.05) is 0 Å². The van der Waals surface area contributed by atoms with Gasteiger partial charge in [0, 0.05) is 24.7 Å². The summed E-state index contributed by atoms with van der Waals surface area (Å²) in [4.78, 5) is 14.1. The summed E-state index contributed by atoms with van der Waals surface area (Å²) in [6.07, 6.45) is 7.09. The molecule has 0 bridgehead atoms. The highest BCUT2D eigenvalue weighted by molar-refractivity contribution is 5.73. The summed E-state index contributed by atoms with van der Waals surface area (Å²) < 4.78 is 0. The minimum Gasteiger partial charge on any atom is -0.368 e. The molecule has 26 heavy (non-hydrogen) atoms. The minimum atomic E-state index is 0.377. The van der Waals surface area contributed by atoms with Crippen molar-refractivity contribution in [3.63, 3.8) is 0 Å². The molecule has 1 fully saturated rings. The molecular formula is C21H29N5. The summed E-state index contributed by atoms with van der Waals surface area (Å²) >= 11 is 0. The number of likely N-dealkylation sites (tertiary alicyclic amines) is 1. The van der Waals surface area contributed by atoms with Crippen LogP contribution in [0.3, 0.4) is 0 Å². The molecule has 5 nitrogen and oxygen atoms in total. The van der Waals surface area contributed by atoms with Gasteiger partial charge in [0.15, 0.2) is 0 Å². The first-order valence-electron chi connectivity index (χ1n) is 9.90. The lowest BCUT2D eigenvalue weighted by Gasteiger charge is -2.24. The summed E-state index contributed by atoms with van der Waals surface area (Å²) in [5.74, 6) is 1.40. The number of benzene rings is 1. The average molecular weight is 351 g/mol. The SMILES string of the molecule is CN(CCCN1CCCC1)c1nc(N)nc2c1CCCc1ccccc1-2. The van der Waals surface area contributed by atoms with Crippen molar-refractivity contribution in [2.75, 3.05) is 43.9 Å². The smallest absolute Gasteiger partial charge is 0.222 e. The van der Waals surface area contributed by atoms with Gasteiger partial charge in [0.25, 0.3) is 0 Å². The van der Waals surface area contributed by atoms with Gasteiger partial charge < -0.3 is 15.5 Å². The highest BCUT2D eigenvalue weighted by Gasteiger charge is 2.22. The number of nitrogens with zero attached hydrogens (tertiary/aromatic N) is 4. The molecule has 0 atom stereocenters. The Labute approximate surface area is 156 Å². The molecule has 0 saturated carbocycles. The van der Waals surface area contributed by atoms with Gasteiger partial charge in [-0.15, -0.1) is 0 Å². The van der Waals surface area contributed by atoms with Crippen LogP contribution in [0.25, 0.3) is 11.3 Å². The molecule has 1 aromatic heterocycles. The Bertz CT molecular complexity index is 767. The van der Waals surface area contributed by atoms with Crippen molar-refractivity contribution < 1.29 is 0 Å². The van der Waals surface area contributed by atoms with Crippen molar-refractivity contribution in [1.82, 2.24) is 14.9 Å². The lowest BCUT2D eigenvalue weighted by atomic mass is 10.0. The van der Waals surface area contributed by atoms with Gasteiger partial charge in [0.2, 0.25) is 5.95 Å². The zero-order valence-electron chi connectivity index (χ0n) is 15.7. The van der Waals surface area contributed by atoms with E-state index in [9.17, 15) is 0 Å². The fourth-order valence-electron chi connectivity index (χ4n) is 4.33. The maximum atomic E-state index is 6.10. The Hall–Kier alpha value is -2.14. The molecule has 1 aliphatic carbocycles. The summed E-state index contributed by atoms with van der Waals surface area (Å²) in [5, 5.41) is 0. The molecule has 0 amide bonds. The number of aryl methyl sites for hydroxylation is 1. The second kappa shape index (κ2) is 7.62. The van der Waals surface area contributed by atoms with E-state index in [4.69, 9.17) is 5.73 Å². The van der Waals surface area contributed by atoms with Gasteiger partial charge in [-0.1, -0.05) is 24.3 Å². The largest absolute Gasteiger partial charge is 0.368 e. The van der Waals surface area contributed by atoms with E-state index >= 15 is 0 Å². The van der Waals surface area contributed by atoms with Crippen LogP contribution in [-0.2, 0) is 12.8 Å². The lowest BCUT2D eigenvalue weighted by Crippen LogP contribution is -2.27. The van der Waals surface area contributed by atoms with Gasteiger partial charge in [-0.25, -0.2) is 4.98 Å². The van der Waals surface area contributed by atoms with Gasteiger partial charge in [-0.05, 0) is 63.7 Å². The zero-order chi connectivity index (χ0) is 17.9. The predicted molar refractivity (Wildman–Crippen MR) is 107 cm³/mol. The van der Waals surface area contributed by atoms with E-state index < -0.39 is 0 Å². The van der Waals surface area contributed by atoms with Crippen LogP contribution in [0.1, 0.15) is 36.8 Å². The highest BCUT2D eigenvalue weighted by atomic mass is 15.2. The number of anilines is 2.